The molecule has 2 saturated heterocycles. The zero-order valence-corrected chi connectivity index (χ0v) is 15.9. The number of carbonyl (C=O) groups is 3. The summed E-state index contributed by atoms with van der Waals surface area (Å²) in [6.07, 6.45) is 2.37. The summed E-state index contributed by atoms with van der Waals surface area (Å²) in [5, 5.41) is 9.60. The minimum atomic E-state index is -0.672. The van der Waals surface area contributed by atoms with Gasteiger partial charge in [-0.2, -0.15) is 0 Å². The standard InChI is InChI=1S/C21H26N2O5/c24-15-6-10-22(11-7-15)20(27)14-23-12-9-21(8-5-19(23)26)13-17(25)16-3-1-2-4-18(16)28-21/h1-4,15,24H,5-14H2. The molecule has 1 spiro atoms. The Kier molecular flexibility index (Phi) is 5.10. The van der Waals surface area contributed by atoms with E-state index in [4.69, 9.17) is 4.74 Å². The maximum Gasteiger partial charge on any atom is 0.242 e. The second-order valence-corrected chi connectivity index (χ2v) is 8.06. The van der Waals surface area contributed by atoms with Gasteiger partial charge in [0.15, 0.2) is 5.78 Å². The number of fused-ring (bicyclic) bond motifs is 1. The van der Waals surface area contributed by atoms with Crippen LogP contribution in [0.5, 0.6) is 5.75 Å². The quantitative estimate of drug-likeness (QED) is 0.830. The van der Waals surface area contributed by atoms with Crippen LogP contribution in [0.1, 0.15) is 48.9 Å². The molecule has 0 aliphatic carbocycles. The van der Waals surface area contributed by atoms with E-state index in [1.54, 1.807) is 21.9 Å². The molecule has 2 fully saturated rings. The third-order valence-corrected chi connectivity index (χ3v) is 6.12. The summed E-state index contributed by atoms with van der Waals surface area (Å²) in [4.78, 5) is 41.1. The average Bonchev–Trinajstić information content (AvgIpc) is 2.83. The van der Waals surface area contributed by atoms with Crippen molar-refractivity contribution >= 4 is 17.6 Å². The van der Waals surface area contributed by atoms with E-state index in [0.717, 1.165) is 0 Å². The first-order chi connectivity index (χ1) is 13.5. The Morgan fingerprint density at radius 2 is 1.89 bits per heavy atom. The van der Waals surface area contributed by atoms with Crippen LogP contribution < -0.4 is 4.74 Å². The third-order valence-electron chi connectivity index (χ3n) is 6.12. The van der Waals surface area contributed by atoms with Gasteiger partial charge < -0.3 is 19.6 Å². The van der Waals surface area contributed by atoms with Crippen molar-refractivity contribution in [1.29, 1.82) is 0 Å². The van der Waals surface area contributed by atoms with Crippen LogP contribution in [0.15, 0.2) is 24.3 Å². The van der Waals surface area contributed by atoms with Crippen molar-refractivity contribution in [3.05, 3.63) is 29.8 Å². The fourth-order valence-corrected chi connectivity index (χ4v) is 4.35. The predicted molar refractivity (Wildman–Crippen MR) is 101 cm³/mol. The van der Waals surface area contributed by atoms with Crippen LogP contribution in [-0.4, -0.2) is 70.4 Å². The molecule has 1 unspecified atom stereocenters. The number of ketones is 1. The highest BCUT2D eigenvalue weighted by molar-refractivity contribution is 6.00. The van der Waals surface area contributed by atoms with E-state index in [1.165, 1.54) is 0 Å². The van der Waals surface area contributed by atoms with Crippen molar-refractivity contribution < 1.29 is 24.2 Å². The van der Waals surface area contributed by atoms with Crippen molar-refractivity contribution in [2.24, 2.45) is 0 Å². The van der Waals surface area contributed by atoms with Crippen molar-refractivity contribution in [3.8, 4) is 5.75 Å². The van der Waals surface area contributed by atoms with Crippen LogP contribution in [0.25, 0.3) is 0 Å². The molecule has 2 amide bonds. The molecule has 4 rings (SSSR count). The lowest BCUT2D eigenvalue weighted by molar-refractivity contribution is -0.141. The van der Waals surface area contributed by atoms with E-state index in [2.05, 4.69) is 0 Å². The van der Waals surface area contributed by atoms with E-state index < -0.39 is 5.60 Å². The molecule has 0 radical (unpaired) electrons. The first-order valence-electron chi connectivity index (χ1n) is 10.0. The normalized spacial score (nSPS) is 26.0. The number of ether oxygens (including phenoxy) is 1. The number of benzene rings is 1. The second kappa shape index (κ2) is 7.54. The maximum absolute atomic E-state index is 12.6. The number of rotatable bonds is 2. The highest BCUT2D eigenvalue weighted by Gasteiger charge is 2.43. The minimum Gasteiger partial charge on any atom is -0.486 e. The molecule has 7 nitrogen and oxygen atoms in total. The Balaban J connectivity index is 1.42. The summed E-state index contributed by atoms with van der Waals surface area (Å²) in [5.41, 5.74) is -0.0725. The van der Waals surface area contributed by atoms with E-state index in [0.29, 0.717) is 56.6 Å². The van der Waals surface area contributed by atoms with Crippen molar-refractivity contribution in [2.45, 2.75) is 50.2 Å². The van der Waals surface area contributed by atoms with Gasteiger partial charge in [0, 0.05) is 32.5 Å². The Labute approximate surface area is 164 Å². The number of aliphatic hydroxyl groups excluding tert-OH is 1. The number of piperidine rings is 1. The monoisotopic (exact) mass is 386 g/mol. The topological polar surface area (TPSA) is 87.2 Å². The molecule has 0 aromatic heterocycles. The van der Waals surface area contributed by atoms with Crippen molar-refractivity contribution in [3.63, 3.8) is 0 Å². The van der Waals surface area contributed by atoms with Crippen LogP contribution in [-0.2, 0) is 9.59 Å². The molecule has 1 N–H and O–H groups in total. The average molecular weight is 386 g/mol. The van der Waals surface area contributed by atoms with Gasteiger partial charge in [0.25, 0.3) is 0 Å². The van der Waals surface area contributed by atoms with Crippen molar-refractivity contribution in [1.82, 2.24) is 9.80 Å². The highest BCUT2D eigenvalue weighted by atomic mass is 16.5. The molecule has 28 heavy (non-hydrogen) atoms. The Bertz CT molecular complexity index is 787. The molecule has 3 heterocycles. The summed E-state index contributed by atoms with van der Waals surface area (Å²) in [6, 6.07) is 7.23. The zero-order chi connectivity index (χ0) is 19.7. The van der Waals surface area contributed by atoms with Crippen LogP contribution >= 0.6 is 0 Å². The Morgan fingerprint density at radius 1 is 1.14 bits per heavy atom. The van der Waals surface area contributed by atoms with Gasteiger partial charge in [-0.05, 0) is 31.4 Å². The van der Waals surface area contributed by atoms with E-state index in [9.17, 15) is 19.5 Å². The number of nitrogens with zero attached hydrogens (tertiary/aromatic N) is 2. The molecule has 3 aliphatic heterocycles. The van der Waals surface area contributed by atoms with Gasteiger partial charge >= 0.3 is 0 Å². The number of likely N-dealkylation sites (tertiary alicyclic amines) is 2. The minimum absolute atomic E-state index is 0.0469. The number of amides is 2. The van der Waals surface area contributed by atoms with Gasteiger partial charge in [-0.15, -0.1) is 0 Å². The molecule has 1 aromatic rings. The molecule has 0 bridgehead atoms. The molecule has 0 saturated carbocycles. The molecular weight excluding hydrogens is 360 g/mol. The first kappa shape index (κ1) is 18.9. The van der Waals surface area contributed by atoms with Crippen LogP contribution in [0.3, 0.4) is 0 Å². The van der Waals surface area contributed by atoms with E-state index in [-0.39, 0.29) is 43.1 Å². The van der Waals surface area contributed by atoms with Crippen LogP contribution in [0, 0.1) is 0 Å². The number of Topliss-reactive ketones (excluding diaryl/α,β-unsaturated/α-hetero) is 1. The lowest BCUT2D eigenvalue weighted by Crippen LogP contribution is -2.47. The molecule has 3 aliphatic rings. The second-order valence-electron chi connectivity index (χ2n) is 8.06. The lowest BCUT2D eigenvalue weighted by atomic mass is 9.84. The summed E-state index contributed by atoms with van der Waals surface area (Å²) in [6.45, 7) is 1.51. The van der Waals surface area contributed by atoms with Gasteiger partial charge in [-0.3, -0.25) is 14.4 Å². The summed E-state index contributed by atoms with van der Waals surface area (Å²) >= 11 is 0. The number of para-hydroxylation sites is 1. The number of aliphatic hydroxyl groups is 1. The summed E-state index contributed by atoms with van der Waals surface area (Å²) in [7, 11) is 0. The molecular formula is C21H26N2O5. The van der Waals surface area contributed by atoms with Crippen LogP contribution in [0.4, 0.5) is 0 Å². The lowest BCUT2D eigenvalue weighted by Gasteiger charge is -2.37. The van der Waals surface area contributed by atoms with Gasteiger partial charge in [-0.25, -0.2) is 0 Å². The zero-order valence-electron chi connectivity index (χ0n) is 15.9. The summed E-state index contributed by atoms with van der Waals surface area (Å²) in [5.74, 6) is 0.479. The molecule has 1 aromatic carbocycles. The molecule has 1 atom stereocenters. The Morgan fingerprint density at radius 3 is 2.68 bits per heavy atom. The maximum atomic E-state index is 12.6. The molecule has 150 valence electrons. The Hall–Kier alpha value is -2.41. The SMILES string of the molecule is O=C1CC2(CCC(=O)N(CC(=O)N3CCC(O)CC3)CC2)Oc2ccccc21. The van der Waals surface area contributed by atoms with Crippen molar-refractivity contribution in [2.75, 3.05) is 26.2 Å². The highest BCUT2D eigenvalue weighted by Crippen LogP contribution is 2.39. The first-order valence-corrected chi connectivity index (χ1v) is 10.0. The fraction of sp³-hybridized carbons (Fsp3) is 0.571. The fourth-order valence-electron chi connectivity index (χ4n) is 4.35. The predicted octanol–water partition coefficient (Wildman–Crippen LogP) is 1.39. The van der Waals surface area contributed by atoms with Gasteiger partial charge in [-0.1, -0.05) is 12.1 Å². The van der Waals surface area contributed by atoms with Gasteiger partial charge in [0.1, 0.15) is 11.4 Å². The number of hydrogen-bond donors (Lipinski definition) is 1. The largest absolute Gasteiger partial charge is 0.486 e. The van der Waals surface area contributed by atoms with E-state index in [1.807, 2.05) is 12.1 Å². The van der Waals surface area contributed by atoms with E-state index >= 15 is 0 Å². The third kappa shape index (κ3) is 3.76. The smallest absolute Gasteiger partial charge is 0.242 e. The summed E-state index contributed by atoms with van der Waals surface area (Å²) < 4.78 is 6.22. The number of carbonyl (C=O) groups excluding carboxylic acids is 3. The molecule has 7 heteroatoms. The van der Waals surface area contributed by atoms with Gasteiger partial charge in [0.2, 0.25) is 11.8 Å². The van der Waals surface area contributed by atoms with Gasteiger partial charge in [0.05, 0.1) is 24.6 Å². The number of hydrogen-bond acceptors (Lipinski definition) is 5. The van der Waals surface area contributed by atoms with Crippen LogP contribution in [0.2, 0.25) is 0 Å².